The molecule has 0 saturated carbocycles. The Bertz CT molecular complexity index is 635. The number of anilines is 2. The largest absolute Gasteiger partial charge is 0.355 e. The van der Waals surface area contributed by atoms with E-state index in [4.69, 9.17) is 5.26 Å². The fourth-order valence-electron chi connectivity index (χ4n) is 1.42. The van der Waals surface area contributed by atoms with Gasteiger partial charge < -0.3 is 5.32 Å². The summed E-state index contributed by atoms with van der Waals surface area (Å²) < 4.78 is 14.5. The summed E-state index contributed by atoms with van der Waals surface area (Å²) in [5, 5.41) is 11.9. The topological polar surface area (TPSA) is 35.8 Å². The molecule has 0 aliphatic rings. The first kappa shape index (κ1) is 13.1. The number of rotatable bonds is 2. The molecule has 0 radical (unpaired) electrons. The molecule has 18 heavy (non-hydrogen) atoms. The van der Waals surface area contributed by atoms with Gasteiger partial charge in [-0.2, -0.15) is 5.26 Å². The van der Waals surface area contributed by atoms with Crippen LogP contribution in [0.15, 0.2) is 45.3 Å². The smallest absolute Gasteiger partial charge is 0.139 e. The van der Waals surface area contributed by atoms with E-state index in [-0.39, 0.29) is 5.82 Å². The summed E-state index contributed by atoms with van der Waals surface area (Å²) >= 11 is 6.40. The zero-order valence-corrected chi connectivity index (χ0v) is 12.2. The van der Waals surface area contributed by atoms with Crippen molar-refractivity contribution in [2.24, 2.45) is 0 Å². The maximum absolute atomic E-state index is 13.3. The lowest BCUT2D eigenvalue weighted by Crippen LogP contribution is -1.92. The lowest BCUT2D eigenvalue weighted by molar-refractivity contribution is 0.622. The first-order valence-corrected chi connectivity index (χ1v) is 6.60. The molecule has 2 aromatic carbocycles. The Morgan fingerprint density at radius 2 is 1.67 bits per heavy atom. The molecule has 0 aromatic heterocycles. The summed E-state index contributed by atoms with van der Waals surface area (Å²) in [5.74, 6) is -0.326. The molecular weight excluding hydrogens is 363 g/mol. The lowest BCUT2D eigenvalue weighted by Gasteiger charge is -2.08. The molecule has 0 bridgehead atoms. The maximum atomic E-state index is 13.3. The van der Waals surface area contributed by atoms with Crippen molar-refractivity contribution >= 4 is 43.2 Å². The highest BCUT2D eigenvalue weighted by molar-refractivity contribution is 9.10. The molecule has 0 fully saturated rings. The van der Waals surface area contributed by atoms with E-state index in [0.717, 1.165) is 5.69 Å². The van der Waals surface area contributed by atoms with Gasteiger partial charge in [-0.3, -0.25) is 0 Å². The third kappa shape index (κ3) is 2.89. The molecule has 1 N–H and O–H groups in total. The van der Waals surface area contributed by atoms with Crippen LogP contribution in [0.3, 0.4) is 0 Å². The van der Waals surface area contributed by atoms with Gasteiger partial charge in [0.2, 0.25) is 0 Å². The van der Waals surface area contributed by atoms with Gasteiger partial charge in [-0.05, 0) is 68.3 Å². The molecule has 2 nitrogen and oxygen atoms in total. The average molecular weight is 370 g/mol. The number of hydrogen-bond acceptors (Lipinski definition) is 2. The van der Waals surface area contributed by atoms with E-state index < -0.39 is 0 Å². The van der Waals surface area contributed by atoms with E-state index >= 15 is 0 Å². The number of halogens is 3. The van der Waals surface area contributed by atoms with Crippen LogP contribution in [0.4, 0.5) is 15.8 Å². The van der Waals surface area contributed by atoms with Crippen LogP contribution in [0, 0.1) is 17.1 Å². The molecule has 0 amide bonds. The summed E-state index contributed by atoms with van der Waals surface area (Å²) in [4.78, 5) is 0. The van der Waals surface area contributed by atoms with E-state index in [1.165, 1.54) is 6.07 Å². The predicted octanol–water partition coefficient (Wildman–Crippen LogP) is 4.97. The van der Waals surface area contributed by atoms with E-state index in [0.29, 0.717) is 20.2 Å². The minimum Gasteiger partial charge on any atom is -0.355 e. The first-order valence-electron chi connectivity index (χ1n) is 5.02. The van der Waals surface area contributed by atoms with Crippen molar-refractivity contribution in [1.82, 2.24) is 0 Å². The second-order valence-electron chi connectivity index (χ2n) is 3.56. The van der Waals surface area contributed by atoms with Crippen LogP contribution in [0.2, 0.25) is 0 Å². The molecular formula is C13H7Br2FN2. The van der Waals surface area contributed by atoms with Gasteiger partial charge in [-0.1, -0.05) is 0 Å². The monoisotopic (exact) mass is 368 g/mol. The normalized spacial score (nSPS) is 9.89. The Kier molecular flexibility index (Phi) is 4.00. The van der Waals surface area contributed by atoms with Gasteiger partial charge in [0.05, 0.1) is 10.0 Å². The Hall–Kier alpha value is -1.38. The summed E-state index contributed by atoms with van der Waals surface area (Å²) in [6.45, 7) is 0. The van der Waals surface area contributed by atoms with E-state index in [1.54, 1.807) is 30.3 Å². The summed E-state index contributed by atoms with van der Waals surface area (Å²) in [7, 11) is 0. The third-order valence-electron chi connectivity index (χ3n) is 2.30. The SMILES string of the molecule is N#Cc1ccc(Nc2ccc(Br)c(F)c2)cc1Br. The van der Waals surface area contributed by atoms with Gasteiger partial charge >= 0.3 is 0 Å². The number of nitrogens with zero attached hydrogens (tertiary/aromatic N) is 1. The van der Waals surface area contributed by atoms with E-state index in [2.05, 4.69) is 43.2 Å². The molecule has 0 atom stereocenters. The van der Waals surface area contributed by atoms with E-state index in [1.807, 2.05) is 0 Å². The molecule has 0 saturated heterocycles. The zero-order valence-electron chi connectivity index (χ0n) is 9.05. The van der Waals surface area contributed by atoms with Gasteiger partial charge in [0, 0.05) is 15.8 Å². The Balaban J connectivity index is 2.26. The molecule has 90 valence electrons. The van der Waals surface area contributed by atoms with Crippen LogP contribution in [-0.2, 0) is 0 Å². The van der Waals surface area contributed by atoms with Crippen molar-refractivity contribution in [3.8, 4) is 6.07 Å². The van der Waals surface area contributed by atoms with Gasteiger partial charge in [0.15, 0.2) is 0 Å². The molecule has 0 aliphatic heterocycles. The van der Waals surface area contributed by atoms with Crippen molar-refractivity contribution in [3.05, 3.63) is 56.7 Å². The molecule has 5 heteroatoms. The highest BCUT2D eigenvalue weighted by Crippen LogP contribution is 2.25. The molecule has 2 rings (SSSR count). The lowest BCUT2D eigenvalue weighted by atomic mass is 10.2. The maximum Gasteiger partial charge on any atom is 0.139 e. The molecule has 0 aliphatic carbocycles. The number of nitrogens with one attached hydrogen (secondary N) is 1. The summed E-state index contributed by atoms with van der Waals surface area (Å²) in [6, 6.07) is 12.1. The second kappa shape index (κ2) is 5.51. The fraction of sp³-hybridized carbons (Fsp3) is 0. The second-order valence-corrected chi connectivity index (χ2v) is 5.27. The Labute approximate surface area is 121 Å². The van der Waals surface area contributed by atoms with Crippen LogP contribution in [0.25, 0.3) is 0 Å². The van der Waals surface area contributed by atoms with Gasteiger partial charge in [0.1, 0.15) is 11.9 Å². The quantitative estimate of drug-likeness (QED) is 0.811. The highest BCUT2D eigenvalue weighted by atomic mass is 79.9. The summed E-state index contributed by atoms with van der Waals surface area (Å²) in [6.07, 6.45) is 0. The Morgan fingerprint density at radius 1 is 1.00 bits per heavy atom. The first-order chi connectivity index (χ1) is 8.60. The van der Waals surface area contributed by atoms with Crippen molar-refractivity contribution < 1.29 is 4.39 Å². The van der Waals surface area contributed by atoms with Crippen molar-refractivity contribution in [3.63, 3.8) is 0 Å². The van der Waals surface area contributed by atoms with Crippen LogP contribution in [0.1, 0.15) is 5.56 Å². The predicted molar refractivity (Wildman–Crippen MR) is 76.2 cm³/mol. The van der Waals surface area contributed by atoms with Crippen LogP contribution >= 0.6 is 31.9 Å². The zero-order chi connectivity index (χ0) is 13.1. The molecule has 0 unspecified atom stereocenters. The number of nitriles is 1. The fourth-order valence-corrected chi connectivity index (χ4v) is 2.14. The van der Waals surface area contributed by atoms with Gasteiger partial charge in [-0.15, -0.1) is 0 Å². The minimum atomic E-state index is -0.326. The standard InChI is InChI=1S/C13H7Br2FN2/c14-11-4-3-10(6-13(11)16)18-9-2-1-8(7-17)12(15)5-9/h1-6,18H. The third-order valence-corrected chi connectivity index (χ3v) is 3.60. The number of hydrogen-bond donors (Lipinski definition) is 1. The Morgan fingerprint density at radius 3 is 2.28 bits per heavy atom. The van der Waals surface area contributed by atoms with Crippen molar-refractivity contribution in [2.75, 3.05) is 5.32 Å². The molecule has 0 heterocycles. The highest BCUT2D eigenvalue weighted by Gasteiger charge is 2.03. The van der Waals surface area contributed by atoms with Crippen LogP contribution in [-0.4, -0.2) is 0 Å². The van der Waals surface area contributed by atoms with Crippen molar-refractivity contribution in [2.45, 2.75) is 0 Å². The van der Waals surface area contributed by atoms with E-state index in [9.17, 15) is 4.39 Å². The van der Waals surface area contributed by atoms with Crippen LogP contribution in [0.5, 0.6) is 0 Å². The summed E-state index contributed by atoms with van der Waals surface area (Å²) in [5.41, 5.74) is 1.98. The van der Waals surface area contributed by atoms with Crippen LogP contribution < -0.4 is 5.32 Å². The van der Waals surface area contributed by atoms with Gasteiger partial charge in [0.25, 0.3) is 0 Å². The minimum absolute atomic E-state index is 0.326. The van der Waals surface area contributed by atoms with Crippen molar-refractivity contribution in [1.29, 1.82) is 5.26 Å². The molecule has 0 spiro atoms. The molecule has 2 aromatic rings. The van der Waals surface area contributed by atoms with Gasteiger partial charge in [-0.25, -0.2) is 4.39 Å². The average Bonchev–Trinajstić information content (AvgIpc) is 2.34. The number of benzene rings is 2.